The molecule has 0 aromatic rings. The van der Waals surface area contributed by atoms with Crippen molar-refractivity contribution in [1.82, 2.24) is 5.32 Å². The Morgan fingerprint density at radius 1 is 1.69 bits per heavy atom. The topological polar surface area (TPSA) is 35.8 Å². The standard InChI is InChI=1S/C10H18N2S/c1-3-9(2)12-10(7-11)5-4-6-13-8-10/h9,12H,3-6,8H2,1-2H3. The first-order valence-corrected chi connectivity index (χ1v) is 6.14. The molecule has 2 unspecified atom stereocenters. The second kappa shape index (κ2) is 4.88. The molecule has 1 heterocycles. The van der Waals surface area contributed by atoms with Crippen molar-refractivity contribution in [1.29, 1.82) is 5.26 Å². The highest BCUT2D eigenvalue weighted by Gasteiger charge is 2.32. The first-order chi connectivity index (χ1) is 6.22. The molecular weight excluding hydrogens is 180 g/mol. The van der Waals surface area contributed by atoms with Crippen LogP contribution in [0.15, 0.2) is 0 Å². The van der Waals surface area contributed by atoms with Gasteiger partial charge in [0.05, 0.1) is 6.07 Å². The fourth-order valence-corrected chi connectivity index (χ4v) is 2.74. The van der Waals surface area contributed by atoms with Crippen molar-refractivity contribution in [2.45, 2.75) is 44.7 Å². The number of nitriles is 1. The fraction of sp³-hybridized carbons (Fsp3) is 0.900. The van der Waals surface area contributed by atoms with Gasteiger partial charge < -0.3 is 0 Å². The average Bonchev–Trinajstić information content (AvgIpc) is 2.19. The van der Waals surface area contributed by atoms with Crippen LogP contribution in [-0.2, 0) is 0 Å². The molecule has 1 rings (SSSR count). The predicted molar refractivity (Wildman–Crippen MR) is 57.8 cm³/mol. The third kappa shape index (κ3) is 2.89. The van der Waals surface area contributed by atoms with Crippen molar-refractivity contribution < 1.29 is 0 Å². The highest BCUT2D eigenvalue weighted by atomic mass is 32.2. The predicted octanol–water partition coefficient (Wildman–Crippen LogP) is 2.16. The summed E-state index contributed by atoms with van der Waals surface area (Å²) in [7, 11) is 0. The van der Waals surface area contributed by atoms with E-state index < -0.39 is 0 Å². The molecule has 3 heteroatoms. The lowest BCUT2D eigenvalue weighted by atomic mass is 9.96. The van der Waals surface area contributed by atoms with E-state index in [1.165, 1.54) is 12.2 Å². The summed E-state index contributed by atoms with van der Waals surface area (Å²) in [5.41, 5.74) is -0.238. The van der Waals surface area contributed by atoms with Crippen molar-refractivity contribution in [3.8, 4) is 6.07 Å². The van der Waals surface area contributed by atoms with Crippen LogP contribution in [0.2, 0.25) is 0 Å². The van der Waals surface area contributed by atoms with E-state index in [0.717, 1.165) is 18.6 Å². The number of hydrogen-bond donors (Lipinski definition) is 1. The number of thioether (sulfide) groups is 1. The van der Waals surface area contributed by atoms with Gasteiger partial charge in [-0.1, -0.05) is 6.92 Å². The van der Waals surface area contributed by atoms with E-state index in [1.54, 1.807) is 0 Å². The first kappa shape index (κ1) is 10.9. The molecule has 1 fully saturated rings. The third-order valence-corrected chi connectivity index (χ3v) is 3.86. The minimum absolute atomic E-state index is 0.238. The van der Waals surface area contributed by atoms with Gasteiger partial charge >= 0.3 is 0 Å². The van der Waals surface area contributed by atoms with Crippen LogP contribution in [-0.4, -0.2) is 23.1 Å². The van der Waals surface area contributed by atoms with Crippen molar-refractivity contribution in [3.05, 3.63) is 0 Å². The molecule has 0 aliphatic carbocycles. The maximum Gasteiger partial charge on any atom is 0.116 e. The smallest absolute Gasteiger partial charge is 0.116 e. The zero-order valence-electron chi connectivity index (χ0n) is 8.47. The zero-order valence-corrected chi connectivity index (χ0v) is 9.28. The van der Waals surface area contributed by atoms with Crippen LogP contribution in [0.5, 0.6) is 0 Å². The van der Waals surface area contributed by atoms with Gasteiger partial charge in [0.15, 0.2) is 0 Å². The second-order valence-corrected chi connectivity index (χ2v) is 4.91. The molecule has 0 bridgehead atoms. The summed E-state index contributed by atoms with van der Waals surface area (Å²) in [5, 5.41) is 12.6. The minimum atomic E-state index is -0.238. The fourth-order valence-electron chi connectivity index (χ4n) is 1.60. The van der Waals surface area contributed by atoms with Gasteiger partial charge in [-0.2, -0.15) is 17.0 Å². The first-order valence-electron chi connectivity index (χ1n) is 4.99. The molecule has 0 aromatic carbocycles. The Hall–Kier alpha value is -0.200. The summed E-state index contributed by atoms with van der Waals surface area (Å²) in [6, 6.07) is 2.91. The van der Waals surface area contributed by atoms with Crippen molar-refractivity contribution in [3.63, 3.8) is 0 Å². The van der Waals surface area contributed by atoms with E-state index >= 15 is 0 Å². The molecule has 1 N–H and O–H groups in total. The van der Waals surface area contributed by atoms with Gasteiger partial charge in [-0.05, 0) is 31.9 Å². The SMILES string of the molecule is CCC(C)NC1(C#N)CCCSC1. The second-order valence-electron chi connectivity index (χ2n) is 3.80. The van der Waals surface area contributed by atoms with Crippen molar-refractivity contribution in [2.75, 3.05) is 11.5 Å². The molecular formula is C10H18N2S. The zero-order chi connectivity index (χ0) is 9.73. The van der Waals surface area contributed by atoms with Crippen LogP contribution >= 0.6 is 11.8 Å². The molecule has 13 heavy (non-hydrogen) atoms. The number of hydrogen-bond acceptors (Lipinski definition) is 3. The molecule has 0 amide bonds. The van der Waals surface area contributed by atoms with Crippen LogP contribution in [0.3, 0.4) is 0 Å². The molecule has 0 radical (unpaired) electrons. The quantitative estimate of drug-likeness (QED) is 0.755. The van der Waals surface area contributed by atoms with Gasteiger partial charge in [0.2, 0.25) is 0 Å². The molecule has 2 atom stereocenters. The maximum atomic E-state index is 9.16. The molecule has 0 spiro atoms. The van der Waals surface area contributed by atoms with E-state index in [4.69, 9.17) is 5.26 Å². The Morgan fingerprint density at radius 2 is 2.46 bits per heavy atom. The summed E-state index contributed by atoms with van der Waals surface area (Å²) >= 11 is 1.89. The highest BCUT2D eigenvalue weighted by molar-refractivity contribution is 7.99. The molecule has 0 saturated carbocycles. The van der Waals surface area contributed by atoms with Crippen LogP contribution in [0.25, 0.3) is 0 Å². The summed E-state index contributed by atoms with van der Waals surface area (Å²) < 4.78 is 0. The van der Waals surface area contributed by atoms with Gasteiger partial charge in [-0.3, -0.25) is 5.32 Å². The van der Waals surface area contributed by atoms with E-state index in [-0.39, 0.29) is 5.54 Å². The van der Waals surface area contributed by atoms with Gasteiger partial charge in [-0.15, -0.1) is 0 Å². The van der Waals surface area contributed by atoms with Gasteiger partial charge in [0, 0.05) is 11.8 Å². The molecule has 2 nitrogen and oxygen atoms in total. The third-order valence-electron chi connectivity index (χ3n) is 2.59. The van der Waals surface area contributed by atoms with Crippen LogP contribution in [0.1, 0.15) is 33.1 Å². The Kier molecular flexibility index (Phi) is 4.08. The van der Waals surface area contributed by atoms with Gasteiger partial charge in [0.1, 0.15) is 5.54 Å². The summed E-state index contributed by atoms with van der Waals surface area (Å²) in [6.45, 7) is 4.30. The number of nitrogens with one attached hydrogen (secondary N) is 1. The van der Waals surface area contributed by atoms with Crippen molar-refractivity contribution in [2.24, 2.45) is 0 Å². The van der Waals surface area contributed by atoms with Crippen LogP contribution < -0.4 is 5.32 Å². The monoisotopic (exact) mass is 198 g/mol. The average molecular weight is 198 g/mol. The highest BCUT2D eigenvalue weighted by Crippen LogP contribution is 2.26. The minimum Gasteiger partial charge on any atom is -0.296 e. The van der Waals surface area contributed by atoms with Gasteiger partial charge in [0.25, 0.3) is 0 Å². The molecule has 0 aromatic heterocycles. The summed E-state index contributed by atoms with van der Waals surface area (Å²) in [5.74, 6) is 2.17. The van der Waals surface area contributed by atoms with Gasteiger partial charge in [-0.25, -0.2) is 0 Å². The molecule has 1 aliphatic rings. The lowest BCUT2D eigenvalue weighted by Crippen LogP contribution is -2.51. The summed E-state index contributed by atoms with van der Waals surface area (Å²) in [6.07, 6.45) is 3.27. The molecule has 74 valence electrons. The van der Waals surface area contributed by atoms with E-state index in [9.17, 15) is 0 Å². The maximum absolute atomic E-state index is 9.16. The Morgan fingerprint density at radius 3 is 2.92 bits per heavy atom. The van der Waals surface area contributed by atoms with Crippen molar-refractivity contribution >= 4 is 11.8 Å². The lowest BCUT2D eigenvalue weighted by molar-refractivity contribution is 0.362. The Bertz CT molecular complexity index is 192. The van der Waals surface area contributed by atoms with E-state index in [0.29, 0.717) is 6.04 Å². The normalized spacial score (nSPS) is 30.8. The van der Waals surface area contributed by atoms with E-state index in [1.807, 2.05) is 11.8 Å². The van der Waals surface area contributed by atoms with Crippen LogP contribution in [0.4, 0.5) is 0 Å². The molecule has 1 aliphatic heterocycles. The van der Waals surface area contributed by atoms with Crippen LogP contribution in [0, 0.1) is 11.3 Å². The largest absolute Gasteiger partial charge is 0.296 e. The molecule has 1 saturated heterocycles. The Balaban J connectivity index is 2.53. The van der Waals surface area contributed by atoms with E-state index in [2.05, 4.69) is 25.2 Å². The number of nitrogens with zero attached hydrogens (tertiary/aromatic N) is 1. The lowest BCUT2D eigenvalue weighted by Gasteiger charge is -2.33. The summed E-state index contributed by atoms with van der Waals surface area (Å²) in [4.78, 5) is 0. The Labute approximate surface area is 85.1 Å². The number of rotatable bonds is 3.